The highest BCUT2D eigenvalue weighted by Gasteiger charge is 2.47. The molecule has 0 saturated carbocycles. The molecule has 5 atom stereocenters. The summed E-state index contributed by atoms with van der Waals surface area (Å²) in [6, 6.07) is 26.6. The van der Waals surface area contributed by atoms with Crippen LogP contribution >= 0.6 is 40.7 Å². The van der Waals surface area contributed by atoms with Gasteiger partial charge in [0, 0.05) is 161 Å². The minimum Gasteiger partial charge on any atom is -0.481 e. The van der Waals surface area contributed by atoms with E-state index in [1.165, 1.54) is 65.3 Å². The van der Waals surface area contributed by atoms with Gasteiger partial charge in [-0.05, 0) is 104 Å². The summed E-state index contributed by atoms with van der Waals surface area (Å²) in [4.78, 5) is 56.1. The molecule has 39 nitrogen and oxygen atoms in total. The number of hydrogen-bond acceptors (Lipinski definition) is 30. The summed E-state index contributed by atoms with van der Waals surface area (Å²) < 4.78 is 130. The number of carboxylic acids is 1. The highest BCUT2D eigenvalue weighted by molar-refractivity contribution is 9.10. The number of benzene rings is 1. The van der Waals surface area contributed by atoms with E-state index in [2.05, 4.69) is 106 Å². The molecule has 22 heterocycles. The van der Waals surface area contributed by atoms with Gasteiger partial charge in [-0.1, -0.05) is 30.3 Å². The van der Waals surface area contributed by atoms with Gasteiger partial charge in [0.25, 0.3) is 0 Å². The summed E-state index contributed by atoms with van der Waals surface area (Å²) in [5, 5.41) is 42.7. The molecule has 15 aromatic heterocycles. The Kier molecular flexibility index (Phi) is 28.7. The molecule has 0 amide bonds. The van der Waals surface area contributed by atoms with Crippen molar-refractivity contribution in [1.82, 2.24) is 117 Å². The molecule has 1 aromatic carbocycles. The van der Waals surface area contributed by atoms with Crippen molar-refractivity contribution >= 4 is 162 Å². The molecule has 15 N–H and O–H groups in total. The lowest BCUT2D eigenvalue weighted by Gasteiger charge is -2.24. The van der Waals surface area contributed by atoms with E-state index in [1.54, 1.807) is 59.6 Å². The maximum absolute atomic E-state index is 13.3. The van der Waals surface area contributed by atoms with Gasteiger partial charge in [-0.15, -0.1) is 60.5 Å². The Balaban J connectivity index is 0.000000121. The third kappa shape index (κ3) is 22.3. The average Bonchev–Trinajstić information content (AvgIpc) is 1.63. The number of aliphatic carboxylic acids is 1. The molecule has 0 spiro atoms. The van der Waals surface area contributed by atoms with Crippen molar-refractivity contribution in [3.8, 4) is 11.4 Å². The van der Waals surface area contributed by atoms with Crippen molar-refractivity contribution in [2.45, 2.75) is 108 Å². The Bertz CT molecular complexity index is 6310. The maximum Gasteiger partial charge on any atom is 0.408 e. The maximum atomic E-state index is 13.3. The summed E-state index contributed by atoms with van der Waals surface area (Å²) in [5.74, 6) is 1.78. The van der Waals surface area contributed by atoms with Crippen molar-refractivity contribution in [2.24, 2.45) is 5.92 Å². The molecule has 23 rings (SSSR count). The van der Waals surface area contributed by atoms with Crippen molar-refractivity contribution in [2.75, 3.05) is 142 Å². The van der Waals surface area contributed by atoms with Crippen LogP contribution in [0, 0.1) is 23.4 Å². The second-order valence-corrected chi connectivity index (χ2v) is 32.0. The molecule has 131 heavy (non-hydrogen) atoms. The number of anilines is 13. The number of pyridine rings is 7. The number of nitrogen functional groups attached to an aromatic ring is 7. The second kappa shape index (κ2) is 40.3. The fourth-order valence-electron chi connectivity index (χ4n) is 15.1. The summed E-state index contributed by atoms with van der Waals surface area (Å²) in [7, 11) is 0. The van der Waals surface area contributed by atoms with Gasteiger partial charge in [0.05, 0.1) is 61.2 Å². The average molecular weight is 1920 g/mol. The van der Waals surface area contributed by atoms with Gasteiger partial charge >= 0.3 is 12.1 Å². The molecule has 0 radical (unpaired) electrons. The quantitative estimate of drug-likeness (QED) is 0.0655. The summed E-state index contributed by atoms with van der Waals surface area (Å²) in [6.45, 7) is 8.08. The number of aryl methyl sites for hydroxylation is 1. The van der Waals surface area contributed by atoms with Crippen LogP contribution in [0.25, 0.3) is 50.9 Å². The van der Waals surface area contributed by atoms with Crippen LogP contribution in [0.15, 0.2) is 145 Å². The lowest BCUT2D eigenvalue weighted by atomic mass is 9.98. The van der Waals surface area contributed by atoms with Crippen LogP contribution in [0.3, 0.4) is 0 Å². The zero-order valence-corrected chi connectivity index (χ0v) is 73.1. The van der Waals surface area contributed by atoms with E-state index in [0.29, 0.717) is 140 Å². The molecule has 692 valence electrons. The number of fused-ring (bicyclic) bond motifs is 8. The van der Waals surface area contributed by atoms with Crippen LogP contribution in [0.2, 0.25) is 0 Å². The van der Waals surface area contributed by atoms with E-state index in [9.17, 15) is 44.3 Å². The van der Waals surface area contributed by atoms with Crippen LogP contribution in [0.1, 0.15) is 70.0 Å². The number of carbonyl (C=O) groups is 1. The Hall–Kier alpha value is -14.0. The van der Waals surface area contributed by atoms with Crippen LogP contribution in [0.5, 0.6) is 0 Å². The van der Waals surface area contributed by atoms with Crippen molar-refractivity contribution in [3.63, 3.8) is 0 Å². The Morgan fingerprint density at radius 3 is 1.11 bits per heavy atom. The first kappa shape index (κ1) is 93.2. The summed E-state index contributed by atoms with van der Waals surface area (Å²) >= 11 is 3.07. The molecular formula is C80H91BrCl2F9N37O2. The zero-order valence-electron chi connectivity index (χ0n) is 69.8. The van der Waals surface area contributed by atoms with E-state index in [4.69, 9.17) is 45.2 Å². The topological polar surface area (TPSA) is 481 Å². The van der Waals surface area contributed by atoms with Crippen LogP contribution in [0.4, 0.5) is 115 Å². The van der Waals surface area contributed by atoms with Crippen LogP contribution in [-0.4, -0.2) is 231 Å². The molecular weight excluding hydrogens is 1830 g/mol. The van der Waals surface area contributed by atoms with Gasteiger partial charge in [-0.25, -0.2) is 72.6 Å². The van der Waals surface area contributed by atoms with Gasteiger partial charge in [0.2, 0.25) is 40.4 Å². The number of halogens is 12. The number of hydrogen-bond donors (Lipinski definition) is 8. The fourth-order valence-corrected chi connectivity index (χ4v) is 15.5. The molecule has 6 saturated heterocycles. The van der Waals surface area contributed by atoms with Crippen molar-refractivity contribution in [1.29, 1.82) is 0 Å². The largest absolute Gasteiger partial charge is 0.481 e. The number of nitrogens with two attached hydrogens (primary N) is 7. The van der Waals surface area contributed by atoms with Gasteiger partial charge < -0.3 is 74.6 Å². The minimum atomic E-state index is -4.34. The normalized spacial score (nSPS) is 18.0. The Morgan fingerprint density at radius 2 is 0.740 bits per heavy atom. The number of rotatable bonds is 8. The Labute approximate surface area is 759 Å². The highest BCUT2D eigenvalue weighted by Crippen LogP contribution is 2.36. The number of alkyl halides is 6. The van der Waals surface area contributed by atoms with E-state index < -0.39 is 54.2 Å². The minimum absolute atomic E-state index is 0. The Morgan fingerprint density at radius 1 is 0.389 bits per heavy atom. The highest BCUT2D eigenvalue weighted by atomic mass is 79.9. The SMILES string of the molecule is Cl.Cl.Nc1cc2nc(Br)nn2cc1F.Nc1cc2nc(N3CCC[C@@H]3C(F)(F)F)nn2cc1F.Nc1cc2nc(N3CC[C@H](F)C3)nn2cc1F.Nc1ccn2nc(N3CCCC3)nc2c1.Nc1ccn2nc(N3CCCC3)nc2c1.Nc1ccn2nc(N3CC[C@@H](F)C3)nc2c1.Nc1ccn2nc(N3CC[C@H](F)C3)nc2c1.O=C(O)C1CCn2nc(-c3ccccc3)nc2C1. The first-order valence-electron chi connectivity index (χ1n) is 41.3. The fraction of sp³-hybridized carbons (Fsp3) is 0.362. The lowest BCUT2D eigenvalue weighted by Crippen LogP contribution is -2.41. The molecule has 16 aromatic rings. The zero-order chi connectivity index (χ0) is 90.5. The van der Waals surface area contributed by atoms with Crippen molar-refractivity contribution in [3.05, 3.63) is 168 Å². The predicted molar refractivity (Wildman–Crippen MR) is 483 cm³/mol. The number of nitrogens with zero attached hydrogens (tertiary/aromatic N) is 30. The number of carboxylic acid groups (broad SMARTS) is 1. The summed E-state index contributed by atoms with van der Waals surface area (Å²) in [5.41, 5.74) is 46.8. The van der Waals surface area contributed by atoms with Gasteiger partial charge in [0.15, 0.2) is 62.8 Å². The van der Waals surface area contributed by atoms with Gasteiger partial charge in [-0.2, -0.15) is 48.2 Å². The first-order valence-corrected chi connectivity index (χ1v) is 42.1. The van der Waals surface area contributed by atoms with Crippen LogP contribution < -0.4 is 69.5 Å². The van der Waals surface area contributed by atoms with E-state index in [0.717, 1.165) is 87.7 Å². The molecule has 0 aliphatic carbocycles. The van der Waals surface area contributed by atoms with E-state index >= 15 is 0 Å². The predicted octanol–water partition coefficient (Wildman–Crippen LogP) is 10.2. The molecule has 1 unspecified atom stereocenters. The molecule has 7 aliphatic rings. The third-order valence-corrected chi connectivity index (χ3v) is 22.2. The first-order chi connectivity index (χ1) is 62.0. The summed E-state index contributed by atoms with van der Waals surface area (Å²) in [6.07, 6.45) is 11.9. The van der Waals surface area contributed by atoms with E-state index in [1.807, 2.05) is 81.5 Å². The molecule has 7 aliphatic heterocycles. The van der Waals surface area contributed by atoms with Crippen molar-refractivity contribution < 1.29 is 49.4 Å². The standard InChI is InChI=1S/C13H13N3O2.C11H11F4N5.C10H11F2N5.2C10H12FN5.2C10H13N5.C6H4BrFN4.2ClH/c17-13(18)10-6-7-16-11(8-10)14-12(15-16)9-4-2-1-3-5-9;12-6-5-20-9(4-7(6)16)17-10(18-20)19-3-1-2-8(19)11(13,14)15;11-6-1-2-16(4-6)10-14-9-3-8(13)7(12)5-17(9)15-10;2*11-7-1-3-15(6-7)10-13-9-5-8(12)2-4-16(9)14-10;2*11-8-3-6-15-9(7-8)12-10(13-15)14-4-1-2-5-14;7-6-10-5-1-4(9)3(8)2-12(5)11-6;;/h1-5,10H,6-8H2,(H,17,18);4-5,8H,1-3,16H2;3,5-6H,1-2,4,13H2;2*2,4-5,7H,1,3,6,12H2;2*3,6-7H,1-2,4-5,11H2;1-2H,9H2;2*1H/t;8-;6-;2*7-;;;;;/m.1010...../s1. The second-order valence-electron chi connectivity index (χ2n) is 31.3. The van der Waals surface area contributed by atoms with E-state index in [-0.39, 0.29) is 78.9 Å². The molecule has 51 heteroatoms. The third-order valence-electron chi connectivity index (χ3n) is 21.9. The smallest absolute Gasteiger partial charge is 0.408 e. The lowest BCUT2D eigenvalue weighted by molar-refractivity contribution is -0.146. The van der Waals surface area contributed by atoms with Gasteiger partial charge in [-0.3, -0.25) is 4.79 Å². The van der Waals surface area contributed by atoms with Gasteiger partial charge in [0.1, 0.15) is 30.4 Å². The van der Waals surface area contributed by atoms with Crippen LogP contribution in [-0.2, 0) is 17.8 Å². The monoisotopic (exact) mass is 1920 g/mol. The molecule has 6 fully saturated rings. The number of aromatic nitrogens is 24. The molecule has 0 bridgehead atoms.